The van der Waals surface area contributed by atoms with Gasteiger partial charge in [-0.15, -0.1) is 12.4 Å². The maximum absolute atomic E-state index is 6.38. The van der Waals surface area contributed by atoms with Crippen LogP contribution >= 0.6 is 12.4 Å². The summed E-state index contributed by atoms with van der Waals surface area (Å²) in [5, 5.41) is 0. The van der Waals surface area contributed by atoms with Crippen molar-refractivity contribution in [2.75, 3.05) is 0 Å². The molecule has 0 spiro atoms. The van der Waals surface area contributed by atoms with Crippen LogP contribution in [0.4, 0.5) is 0 Å². The molecule has 5 atom stereocenters. The second-order valence-electron chi connectivity index (χ2n) is 8.18. The van der Waals surface area contributed by atoms with Crippen LogP contribution in [-0.4, -0.2) is 24.8 Å². The minimum Gasteiger partial charge on any atom is -0.404 e. The first-order valence-electron chi connectivity index (χ1n) is 8.00. The van der Waals surface area contributed by atoms with Gasteiger partial charge in [-0.05, 0) is 49.4 Å². The smallest absolute Gasteiger partial charge is 0.404 e. The first-order chi connectivity index (χ1) is 8.91. The van der Waals surface area contributed by atoms with E-state index >= 15 is 0 Å². The molecule has 0 unspecified atom stereocenters. The topological polar surface area (TPSA) is 44.5 Å². The summed E-state index contributed by atoms with van der Waals surface area (Å²) in [6.07, 6.45) is 6.52. The fourth-order valence-corrected chi connectivity index (χ4v) is 4.93. The molecule has 1 aliphatic heterocycles. The van der Waals surface area contributed by atoms with Crippen molar-refractivity contribution in [1.29, 1.82) is 0 Å². The lowest BCUT2D eigenvalue weighted by molar-refractivity contribution is -0.199. The zero-order valence-corrected chi connectivity index (χ0v) is 13.6. The standard InChI is InChI=1S/C15H26BNO2.ClH/c1-14(2)10-7-11(14)15(3)12(8-10)18-16(19-15)13(17)6-9-4-5-9;/h9-13H,4-8,17H2,1-3H3;1H/t10-,11-,12+,13-,15-;/m0./s1. The average Bonchev–Trinajstić information content (AvgIpc) is 3.06. The fourth-order valence-electron chi connectivity index (χ4n) is 4.93. The SMILES string of the molecule is CC1(C)[C@@H]2C[C@H]3OB([C@@H](N)CC4CC4)O[C@@]3(C)[C@H]1C2.Cl. The van der Waals surface area contributed by atoms with Gasteiger partial charge in [-0.25, -0.2) is 0 Å². The number of hydrogen-bond acceptors (Lipinski definition) is 3. The van der Waals surface area contributed by atoms with Crippen molar-refractivity contribution in [3.8, 4) is 0 Å². The fraction of sp³-hybridized carbons (Fsp3) is 1.00. The lowest BCUT2D eigenvalue weighted by Crippen LogP contribution is -2.65. The zero-order valence-electron chi connectivity index (χ0n) is 12.8. The Balaban J connectivity index is 0.00000121. The van der Waals surface area contributed by atoms with Crippen molar-refractivity contribution in [2.24, 2.45) is 28.9 Å². The van der Waals surface area contributed by atoms with E-state index in [2.05, 4.69) is 20.8 Å². The number of nitrogens with two attached hydrogens (primary N) is 1. The Bertz CT molecular complexity index is 403. The van der Waals surface area contributed by atoms with E-state index in [-0.39, 0.29) is 37.2 Å². The van der Waals surface area contributed by atoms with Crippen molar-refractivity contribution in [2.45, 2.75) is 70.5 Å². The van der Waals surface area contributed by atoms with Gasteiger partial charge in [-0.3, -0.25) is 0 Å². The normalized spacial score (nSPS) is 46.2. The minimum absolute atomic E-state index is 0. The molecule has 0 radical (unpaired) electrons. The molecule has 5 rings (SSSR count). The molecular formula is C15H27BClNO2. The summed E-state index contributed by atoms with van der Waals surface area (Å²) < 4.78 is 12.6. The maximum Gasteiger partial charge on any atom is 0.475 e. The molecule has 3 nitrogen and oxygen atoms in total. The quantitative estimate of drug-likeness (QED) is 0.815. The van der Waals surface area contributed by atoms with Crippen LogP contribution in [-0.2, 0) is 9.31 Å². The van der Waals surface area contributed by atoms with E-state index in [1.165, 1.54) is 19.3 Å². The van der Waals surface area contributed by atoms with Gasteiger partial charge in [0.25, 0.3) is 0 Å². The van der Waals surface area contributed by atoms with Crippen LogP contribution in [0.25, 0.3) is 0 Å². The Hall–Kier alpha value is 0.235. The van der Waals surface area contributed by atoms with Gasteiger partial charge in [0.1, 0.15) is 0 Å². The summed E-state index contributed by atoms with van der Waals surface area (Å²) in [6.45, 7) is 7.06. The summed E-state index contributed by atoms with van der Waals surface area (Å²) in [6, 6.07) is 0. The third-order valence-corrected chi connectivity index (χ3v) is 6.62. The van der Waals surface area contributed by atoms with Crippen molar-refractivity contribution in [1.82, 2.24) is 0 Å². The molecule has 1 heterocycles. The molecule has 0 aromatic rings. The van der Waals surface area contributed by atoms with Gasteiger partial charge in [0.2, 0.25) is 0 Å². The highest BCUT2D eigenvalue weighted by atomic mass is 35.5. The maximum atomic E-state index is 6.38. The Kier molecular flexibility index (Phi) is 3.49. The summed E-state index contributed by atoms with van der Waals surface area (Å²) in [4.78, 5) is 0. The molecule has 1 saturated heterocycles. The number of halogens is 1. The van der Waals surface area contributed by atoms with E-state index in [1.54, 1.807) is 0 Å². The second-order valence-corrected chi connectivity index (χ2v) is 8.18. The van der Waals surface area contributed by atoms with E-state index in [1.807, 2.05) is 0 Å². The van der Waals surface area contributed by atoms with E-state index in [9.17, 15) is 0 Å². The Morgan fingerprint density at radius 1 is 1.25 bits per heavy atom. The van der Waals surface area contributed by atoms with Crippen molar-refractivity contribution < 1.29 is 9.31 Å². The second kappa shape index (κ2) is 4.61. The highest BCUT2D eigenvalue weighted by molar-refractivity contribution is 6.47. The molecule has 0 aromatic carbocycles. The third kappa shape index (κ3) is 1.99. The molecule has 2 N–H and O–H groups in total. The van der Waals surface area contributed by atoms with Crippen LogP contribution in [0.15, 0.2) is 0 Å². The van der Waals surface area contributed by atoms with Crippen LogP contribution in [0.2, 0.25) is 0 Å². The summed E-state index contributed by atoms with van der Waals surface area (Å²) in [5.41, 5.74) is 6.64. The molecule has 20 heavy (non-hydrogen) atoms. The van der Waals surface area contributed by atoms with E-state index in [0.717, 1.165) is 24.7 Å². The predicted octanol–water partition coefficient (Wildman–Crippen LogP) is 2.80. The summed E-state index contributed by atoms with van der Waals surface area (Å²) in [5.74, 6) is 2.36. The molecule has 2 bridgehead atoms. The predicted molar refractivity (Wildman–Crippen MR) is 82.7 cm³/mol. The monoisotopic (exact) mass is 299 g/mol. The highest BCUT2D eigenvalue weighted by Gasteiger charge is 2.68. The summed E-state index contributed by atoms with van der Waals surface area (Å²) >= 11 is 0. The molecule has 0 amide bonds. The highest BCUT2D eigenvalue weighted by Crippen LogP contribution is 2.65. The first kappa shape index (κ1) is 15.1. The van der Waals surface area contributed by atoms with E-state index in [4.69, 9.17) is 15.0 Å². The molecule has 114 valence electrons. The van der Waals surface area contributed by atoms with Crippen molar-refractivity contribution >= 4 is 19.5 Å². The van der Waals surface area contributed by atoms with Crippen LogP contribution in [0.1, 0.15) is 52.9 Å². The van der Waals surface area contributed by atoms with Crippen LogP contribution < -0.4 is 5.73 Å². The Labute approximate surface area is 128 Å². The van der Waals surface area contributed by atoms with Gasteiger partial charge in [0.05, 0.1) is 11.7 Å². The largest absolute Gasteiger partial charge is 0.475 e. The van der Waals surface area contributed by atoms with Gasteiger partial charge in [0, 0.05) is 5.94 Å². The van der Waals surface area contributed by atoms with Gasteiger partial charge >= 0.3 is 7.12 Å². The van der Waals surface area contributed by atoms with E-state index < -0.39 is 0 Å². The first-order valence-corrected chi connectivity index (χ1v) is 8.00. The van der Waals surface area contributed by atoms with Crippen LogP contribution in [0, 0.1) is 23.2 Å². The minimum atomic E-state index is -0.161. The average molecular weight is 300 g/mol. The molecule has 4 aliphatic carbocycles. The van der Waals surface area contributed by atoms with Crippen molar-refractivity contribution in [3.63, 3.8) is 0 Å². The van der Waals surface area contributed by atoms with Crippen LogP contribution in [0.5, 0.6) is 0 Å². The molecule has 5 fully saturated rings. The lowest BCUT2D eigenvalue weighted by atomic mass is 9.43. The number of hydrogen-bond donors (Lipinski definition) is 1. The van der Waals surface area contributed by atoms with Crippen LogP contribution in [0.3, 0.4) is 0 Å². The molecular weight excluding hydrogens is 272 g/mol. The zero-order chi connectivity index (χ0) is 13.4. The molecule has 5 aliphatic rings. The Morgan fingerprint density at radius 3 is 2.55 bits per heavy atom. The Morgan fingerprint density at radius 2 is 1.95 bits per heavy atom. The van der Waals surface area contributed by atoms with Gasteiger partial charge in [0.15, 0.2) is 0 Å². The molecule has 0 aromatic heterocycles. The van der Waals surface area contributed by atoms with Gasteiger partial charge in [-0.1, -0.05) is 26.7 Å². The molecule has 5 heteroatoms. The lowest BCUT2D eigenvalue weighted by Gasteiger charge is -2.64. The van der Waals surface area contributed by atoms with Crippen molar-refractivity contribution in [3.05, 3.63) is 0 Å². The van der Waals surface area contributed by atoms with Gasteiger partial charge in [-0.2, -0.15) is 0 Å². The number of rotatable bonds is 3. The van der Waals surface area contributed by atoms with Gasteiger partial charge < -0.3 is 15.0 Å². The molecule has 4 saturated carbocycles. The third-order valence-electron chi connectivity index (χ3n) is 6.62. The summed E-state index contributed by atoms with van der Waals surface area (Å²) in [7, 11) is -0.161. The van der Waals surface area contributed by atoms with E-state index in [0.29, 0.717) is 11.3 Å².